The summed E-state index contributed by atoms with van der Waals surface area (Å²) >= 11 is 0. The molecule has 0 aliphatic heterocycles. The lowest BCUT2D eigenvalue weighted by Crippen LogP contribution is -2.17. The van der Waals surface area contributed by atoms with Gasteiger partial charge in [-0.15, -0.1) is 9.78 Å². The van der Waals surface area contributed by atoms with Gasteiger partial charge in [0, 0.05) is 6.42 Å². The SMILES string of the molecule is [CH2]CCC[C](OOC(=O)c1cc(OC)ccc1OC)OOC(=O)c1cc(OC)ccc1OC. The van der Waals surface area contributed by atoms with E-state index in [2.05, 4.69) is 6.92 Å². The van der Waals surface area contributed by atoms with Gasteiger partial charge in [0.2, 0.25) is 0 Å². The number of hydrogen-bond acceptors (Lipinski definition) is 10. The van der Waals surface area contributed by atoms with Crippen molar-refractivity contribution in [1.29, 1.82) is 0 Å². The molecule has 10 heteroatoms. The van der Waals surface area contributed by atoms with E-state index in [9.17, 15) is 9.59 Å². The molecule has 0 fully saturated rings. The maximum Gasteiger partial charge on any atom is 0.377 e. The van der Waals surface area contributed by atoms with Crippen molar-refractivity contribution in [1.82, 2.24) is 0 Å². The maximum absolute atomic E-state index is 12.5. The van der Waals surface area contributed by atoms with Crippen LogP contribution in [0.4, 0.5) is 0 Å². The third-order valence-electron chi connectivity index (χ3n) is 4.30. The van der Waals surface area contributed by atoms with Crippen molar-refractivity contribution in [3.05, 3.63) is 60.7 Å². The van der Waals surface area contributed by atoms with Crippen LogP contribution in [0.15, 0.2) is 36.4 Å². The Morgan fingerprint density at radius 1 is 0.697 bits per heavy atom. The third kappa shape index (κ3) is 7.26. The summed E-state index contributed by atoms with van der Waals surface area (Å²) in [5.41, 5.74) is 0.123. The molecule has 2 rings (SSSR count). The van der Waals surface area contributed by atoms with E-state index >= 15 is 0 Å². The molecule has 0 aliphatic carbocycles. The van der Waals surface area contributed by atoms with E-state index in [0.717, 1.165) is 0 Å². The molecular weight excluding hydrogens is 436 g/mol. The van der Waals surface area contributed by atoms with Crippen LogP contribution < -0.4 is 18.9 Å². The molecule has 0 aliphatic rings. The number of hydrogen-bond donors (Lipinski definition) is 0. The molecule has 10 nitrogen and oxygen atoms in total. The predicted octanol–water partition coefficient (Wildman–Crippen LogP) is 4.09. The van der Waals surface area contributed by atoms with Gasteiger partial charge in [-0.2, -0.15) is 0 Å². The van der Waals surface area contributed by atoms with E-state index in [1.54, 1.807) is 24.3 Å². The summed E-state index contributed by atoms with van der Waals surface area (Å²) in [5.74, 6) is -0.408. The fraction of sp³-hybridized carbons (Fsp3) is 0.304. The second kappa shape index (κ2) is 13.1. The average Bonchev–Trinajstić information content (AvgIpc) is 2.86. The van der Waals surface area contributed by atoms with Crippen LogP contribution in [-0.2, 0) is 19.6 Å². The van der Waals surface area contributed by atoms with Gasteiger partial charge in [0.05, 0.1) is 28.4 Å². The fourth-order valence-electron chi connectivity index (χ4n) is 2.57. The topological polar surface area (TPSA) is 108 Å². The van der Waals surface area contributed by atoms with Crippen molar-refractivity contribution in [3.8, 4) is 23.0 Å². The molecule has 0 saturated carbocycles. The Kier molecular flexibility index (Phi) is 10.3. The van der Waals surface area contributed by atoms with Gasteiger partial charge >= 0.3 is 18.2 Å². The third-order valence-corrected chi connectivity index (χ3v) is 4.30. The summed E-state index contributed by atoms with van der Waals surface area (Å²) in [7, 11) is 5.72. The fourth-order valence-corrected chi connectivity index (χ4v) is 2.57. The van der Waals surface area contributed by atoms with Crippen molar-refractivity contribution in [2.45, 2.75) is 19.3 Å². The zero-order valence-corrected chi connectivity index (χ0v) is 18.9. The Labute approximate surface area is 192 Å². The van der Waals surface area contributed by atoms with E-state index in [0.29, 0.717) is 24.3 Å². The molecule has 178 valence electrons. The molecule has 2 radical (unpaired) electrons. The number of benzene rings is 2. The van der Waals surface area contributed by atoms with Crippen molar-refractivity contribution in [2.24, 2.45) is 0 Å². The van der Waals surface area contributed by atoms with Gasteiger partial charge in [0.1, 0.15) is 34.1 Å². The van der Waals surface area contributed by atoms with Crippen molar-refractivity contribution < 1.29 is 48.1 Å². The Morgan fingerprint density at radius 2 is 1.15 bits per heavy atom. The molecule has 0 bridgehead atoms. The first kappa shape index (κ1) is 25.8. The van der Waals surface area contributed by atoms with Gasteiger partial charge in [0.15, 0.2) is 0 Å². The molecule has 33 heavy (non-hydrogen) atoms. The molecular formula is C23H26O10. The molecule has 0 heterocycles. The lowest BCUT2D eigenvalue weighted by molar-refractivity contribution is -0.363. The highest BCUT2D eigenvalue weighted by Crippen LogP contribution is 2.27. The minimum atomic E-state index is -0.873. The van der Waals surface area contributed by atoms with Gasteiger partial charge < -0.3 is 18.9 Å². The first-order valence-electron chi connectivity index (χ1n) is 9.84. The van der Waals surface area contributed by atoms with Crippen molar-refractivity contribution >= 4 is 11.9 Å². The normalized spacial score (nSPS) is 10.5. The van der Waals surface area contributed by atoms with Crippen molar-refractivity contribution in [3.63, 3.8) is 0 Å². The number of carbonyl (C=O) groups is 2. The van der Waals surface area contributed by atoms with Gasteiger partial charge in [-0.3, -0.25) is 9.78 Å². The highest BCUT2D eigenvalue weighted by Gasteiger charge is 2.24. The molecule has 0 aromatic heterocycles. The van der Waals surface area contributed by atoms with Gasteiger partial charge in [-0.05, 0) is 42.8 Å². The van der Waals surface area contributed by atoms with Gasteiger partial charge in [-0.25, -0.2) is 9.59 Å². The molecule has 0 N–H and O–H groups in total. The number of ether oxygens (including phenoxy) is 4. The minimum Gasteiger partial charge on any atom is -0.497 e. The number of unbranched alkanes of at least 4 members (excludes halogenated alkanes) is 1. The Bertz CT molecular complexity index is 856. The summed E-state index contributed by atoms with van der Waals surface area (Å²) in [6.07, 6.45) is 0.930. The van der Waals surface area contributed by atoms with Crippen molar-refractivity contribution in [2.75, 3.05) is 28.4 Å². The number of carbonyl (C=O) groups excluding carboxylic acids is 2. The minimum absolute atomic E-state index is 0.0615. The van der Waals surface area contributed by atoms with E-state index < -0.39 is 11.9 Å². The van der Waals surface area contributed by atoms with Crippen LogP contribution >= 0.6 is 0 Å². The zero-order chi connectivity index (χ0) is 24.2. The molecule has 0 spiro atoms. The first-order valence-corrected chi connectivity index (χ1v) is 9.84. The van der Waals surface area contributed by atoms with Crippen LogP contribution in [0.1, 0.15) is 40.0 Å². The molecule has 0 saturated heterocycles. The summed E-state index contributed by atoms with van der Waals surface area (Å²) in [4.78, 5) is 44.7. The van der Waals surface area contributed by atoms with Crippen LogP contribution in [-0.4, -0.2) is 40.4 Å². The first-order chi connectivity index (χ1) is 16.0. The number of methoxy groups -OCH3 is 4. The molecule has 2 aromatic rings. The largest absolute Gasteiger partial charge is 0.497 e. The van der Waals surface area contributed by atoms with E-state index in [-0.39, 0.29) is 35.3 Å². The summed E-state index contributed by atoms with van der Waals surface area (Å²) in [6, 6.07) is 9.19. The lowest BCUT2D eigenvalue weighted by Gasteiger charge is -2.15. The second-order valence-corrected chi connectivity index (χ2v) is 6.37. The maximum atomic E-state index is 12.5. The summed E-state index contributed by atoms with van der Waals surface area (Å²) in [5, 5.41) is 0. The standard InChI is InChI=1S/C23H26O10/c1-6-7-8-21(30-32-22(24)17-13-15(26-2)9-11-19(17)28-4)31-33-23(25)18-14-16(27-3)10-12-20(18)29-5/h9-14H,1,6-8H2,2-5H3. The number of rotatable bonds is 13. The lowest BCUT2D eigenvalue weighted by atomic mass is 10.2. The van der Waals surface area contributed by atoms with Crippen LogP contribution in [0, 0.1) is 13.2 Å². The summed E-state index contributed by atoms with van der Waals surface area (Å²) in [6.45, 7) is 3.73. The monoisotopic (exact) mass is 462 g/mol. The Balaban J connectivity index is 2.05. The molecule has 0 amide bonds. The van der Waals surface area contributed by atoms with Crippen LogP contribution in [0.25, 0.3) is 0 Å². The van der Waals surface area contributed by atoms with E-state index in [1.807, 2.05) is 0 Å². The second-order valence-electron chi connectivity index (χ2n) is 6.37. The summed E-state index contributed by atoms with van der Waals surface area (Å²) < 4.78 is 20.5. The van der Waals surface area contributed by atoms with E-state index in [4.69, 9.17) is 38.5 Å². The highest BCUT2D eigenvalue weighted by molar-refractivity contribution is 5.93. The smallest absolute Gasteiger partial charge is 0.377 e. The highest BCUT2D eigenvalue weighted by atomic mass is 17.3. The Hall–Kier alpha value is -3.50. The Morgan fingerprint density at radius 3 is 1.52 bits per heavy atom. The molecule has 2 aromatic carbocycles. The predicted molar refractivity (Wildman–Crippen MR) is 115 cm³/mol. The zero-order valence-electron chi connectivity index (χ0n) is 18.9. The van der Waals surface area contributed by atoms with Crippen LogP contribution in [0.3, 0.4) is 0 Å². The average molecular weight is 462 g/mol. The van der Waals surface area contributed by atoms with Crippen LogP contribution in [0.5, 0.6) is 23.0 Å². The molecule has 0 unspecified atom stereocenters. The quantitative estimate of drug-likeness (QED) is 0.319. The van der Waals surface area contributed by atoms with Crippen LogP contribution in [0.2, 0.25) is 0 Å². The van der Waals surface area contributed by atoms with Gasteiger partial charge in [-0.1, -0.05) is 13.3 Å². The van der Waals surface area contributed by atoms with Gasteiger partial charge in [0.25, 0.3) is 0 Å². The van der Waals surface area contributed by atoms with E-state index in [1.165, 1.54) is 40.6 Å². The molecule has 0 atom stereocenters.